The number of carbonyl (C=O) groups excluding carboxylic acids is 1. The fraction of sp³-hybridized carbons (Fsp3) is 0.409. The molecule has 168 valence electrons. The van der Waals surface area contributed by atoms with Crippen LogP contribution in [0.3, 0.4) is 0 Å². The second-order valence-electron chi connectivity index (χ2n) is 8.25. The van der Waals surface area contributed by atoms with Gasteiger partial charge in [0.25, 0.3) is 5.91 Å². The van der Waals surface area contributed by atoms with Crippen LogP contribution in [0.4, 0.5) is 18.9 Å². The Morgan fingerprint density at radius 2 is 1.71 bits per heavy atom. The highest BCUT2D eigenvalue weighted by Gasteiger charge is 2.40. The van der Waals surface area contributed by atoms with Crippen LogP contribution in [0.2, 0.25) is 0 Å². The molecule has 1 heterocycles. The Bertz CT molecular complexity index is 940. The highest BCUT2D eigenvalue weighted by Crippen LogP contribution is 2.46. The van der Waals surface area contributed by atoms with E-state index >= 15 is 0 Å². The number of nitrogens with one attached hydrogen (secondary N) is 2. The number of hydrogen-bond donors (Lipinski definition) is 4. The monoisotopic (exact) mass is 454 g/mol. The van der Waals surface area contributed by atoms with Crippen LogP contribution in [0.15, 0.2) is 48.5 Å². The summed E-state index contributed by atoms with van der Waals surface area (Å²) in [5.74, 6) is 0.702. The third kappa shape index (κ3) is 5.60. The molecular weight excluding hydrogens is 429 g/mol. The van der Waals surface area contributed by atoms with E-state index in [2.05, 4.69) is 10.6 Å². The van der Waals surface area contributed by atoms with Gasteiger partial charge in [0.05, 0.1) is 5.56 Å². The molecule has 2 atom stereocenters. The zero-order chi connectivity index (χ0) is 22.2. The lowest BCUT2D eigenvalue weighted by molar-refractivity contribution is -0.137. The van der Waals surface area contributed by atoms with Gasteiger partial charge in [-0.05, 0) is 55.2 Å². The van der Waals surface area contributed by atoms with E-state index in [9.17, 15) is 27.1 Å². The molecule has 0 radical (unpaired) electrons. The molecule has 9 heteroatoms. The fourth-order valence-corrected chi connectivity index (χ4v) is 5.51. The third-order valence-electron chi connectivity index (χ3n) is 5.88. The van der Waals surface area contributed by atoms with Gasteiger partial charge in [-0.3, -0.25) is 13.9 Å². The number of benzene rings is 2. The number of carbonyl (C=O) groups is 1. The van der Waals surface area contributed by atoms with Gasteiger partial charge in [0, 0.05) is 40.8 Å². The molecule has 0 spiro atoms. The average Bonchev–Trinajstić information content (AvgIpc) is 3.49. The lowest BCUT2D eigenvalue weighted by Crippen LogP contribution is -2.37. The van der Waals surface area contributed by atoms with Crippen molar-refractivity contribution in [1.82, 2.24) is 5.32 Å². The number of alkyl halides is 3. The normalized spacial score (nSPS) is 24.4. The molecule has 1 aliphatic carbocycles. The van der Waals surface area contributed by atoms with Crippen LogP contribution in [-0.2, 0) is 6.18 Å². The van der Waals surface area contributed by atoms with Gasteiger partial charge >= 0.3 is 6.18 Å². The van der Waals surface area contributed by atoms with Gasteiger partial charge in [0.15, 0.2) is 0 Å². The van der Waals surface area contributed by atoms with Gasteiger partial charge < -0.3 is 10.6 Å². The van der Waals surface area contributed by atoms with Gasteiger partial charge in [0.2, 0.25) is 0 Å². The SMILES string of the molecule is O=C(Nc1ccc(C2CC2NC2CCS(O)(O)CC2)cc1)c1cccc(C(F)(F)F)c1. The molecule has 31 heavy (non-hydrogen) atoms. The van der Waals surface area contributed by atoms with Crippen LogP contribution in [0, 0.1) is 0 Å². The second kappa shape index (κ2) is 8.46. The number of halogens is 3. The number of hydrogen-bond acceptors (Lipinski definition) is 4. The maximum Gasteiger partial charge on any atom is 0.416 e. The van der Waals surface area contributed by atoms with Crippen molar-refractivity contribution in [2.24, 2.45) is 0 Å². The van der Waals surface area contributed by atoms with E-state index in [0.717, 1.165) is 37.0 Å². The topological polar surface area (TPSA) is 81.6 Å². The Balaban J connectivity index is 1.31. The molecule has 2 fully saturated rings. The van der Waals surface area contributed by atoms with Crippen molar-refractivity contribution < 1.29 is 27.1 Å². The van der Waals surface area contributed by atoms with E-state index in [-0.39, 0.29) is 5.56 Å². The average molecular weight is 455 g/mol. The predicted molar refractivity (Wildman–Crippen MR) is 116 cm³/mol. The van der Waals surface area contributed by atoms with E-state index < -0.39 is 28.2 Å². The Morgan fingerprint density at radius 3 is 2.35 bits per heavy atom. The molecule has 1 saturated heterocycles. The Labute approximate surface area is 180 Å². The third-order valence-corrected chi connectivity index (χ3v) is 7.65. The standard InChI is InChI=1S/C22H25F3N2O3S/c23-22(24,25)16-3-1-2-15(12-16)21(28)27-17-6-4-14(5-7-17)19-13-20(19)26-18-8-10-31(29,30)11-9-18/h1-7,12,18-20,26,29-30H,8-11,13H2,(H,27,28). The first kappa shape index (κ1) is 22.1. The Morgan fingerprint density at radius 1 is 1.03 bits per heavy atom. The number of anilines is 1. The van der Waals surface area contributed by atoms with E-state index in [0.29, 0.717) is 35.2 Å². The Kier molecular flexibility index (Phi) is 6.04. The summed E-state index contributed by atoms with van der Waals surface area (Å²) in [4.78, 5) is 12.3. The van der Waals surface area contributed by atoms with Crippen molar-refractivity contribution in [1.29, 1.82) is 0 Å². The maximum atomic E-state index is 12.8. The van der Waals surface area contributed by atoms with Crippen LogP contribution in [0.1, 0.15) is 46.7 Å². The van der Waals surface area contributed by atoms with Crippen LogP contribution in [0.5, 0.6) is 0 Å². The number of rotatable bonds is 5. The van der Waals surface area contributed by atoms with E-state index in [1.165, 1.54) is 12.1 Å². The Hall–Kier alpha value is -2.07. The molecule has 0 aromatic heterocycles. The summed E-state index contributed by atoms with van der Waals surface area (Å²) in [7, 11) is -2.37. The quantitative estimate of drug-likeness (QED) is 0.493. The molecule has 4 N–H and O–H groups in total. The van der Waals surface area contributed by atoms with Crippen molar-refractivity contribution in [2.75, 3.05) is 16.8 Å². The summed E-state index contributed by atoms with van der Waals surface area (Å²) in [5.41, 5.74) is 0.753. The molecular formula is C22H25F3N2O3S. The zero-order valence-electron chi connectivity index (χ0n) is 16.7. The smallest absolute Gasteiger partial charge is 0.322 e. The van der Waals surface area contributed by atoms with Crippen molar-refractivity contribution in [2.45, 2.75) is 43.4 Å². The largest absolute Gasteiger partial charge is 0.416 e. The summed E-state index contributed by atoms with van der Waals surface area (Å²) >= 11 is 0. The molecule has 5 nitrogen and oxygen atoms in total. The second-order valence-corrected chi connectivity index (χ2v) is 10.7. The number of amides is 1. The van der Waals surface area contributed by atoms with Crippen molar-refractivity contribution in [3.05, 3.63) is 65.2 Å². The lowest BCUT2D eigenvalue weighted by atomic mass is 10.1. The van der Waals surface area contributed by atoms with Crippen LogP contribution >= 0.6 is 10.6 Å². The minimum absolute atomic E-state index is 0.0468. The van der Waals surface area contributed by atoms with Gasteiger partial charge in [-0.25, -0.2) is 0 Å². The zero-order valence-corrected chi connectivity index (χ0v) is 17.5. The van der Waals surface area contributed by atoms with Crippen LogP contribution in [-0.4, -0.2) is 38.6 Å². The van der Waals surface area contributed by atoms with Crippen molar-refractivity contribution >= 4 is 22.2 Å². The predicted octanol–water partition coefficient (Wildman–Crippen LogP) is 5.32. The molecule has 2 aliphatic rings. The van der Waals surface area contributed by atoms with E-state index in [1.807, 2.05) is 12.1 Å². The molecule has 1 amide bonds. The molecule has 1 aliphatic heterocycles. The van der Waals surface area contributed by atoms with Gasteiger partial charge in [-0.2, -0.15) is 23.8 Å². The first-order chi connectivity index (χ1) is 14.6. The van der Waals surface area contributed by atoms with Gasteiger partial charge in [-0.15, -0.1) is 0 Å². The van der Waals surface area contributed by atoms with Crippen LogP contribution < -0.4 is 10.6 Å². The van der Waals surface area contributed by atoms with E-state index in [4.69, 9.17) is 0 Å². The molecule has 2 aromatic rings. The molecule has 2 aromatic carbocycles. The maximum absolute atomic E-state index is 12.8. The molecule has 4 rings (SSSR count). The van der Waals surface area contributed by atoms with E-state index in [1.54, 1.807) is 12.1 Å². The van der Waals surface area contributed by atoms with Gasteiger partial charge in [-0.1, -0.05) is 18.2 Å². The molecule has 1 saturated carbocycles. The minimum Gasteiger partial charge on any atom is -0.322 e. The molecule has 0 bridgehead atoms. The highest BCUT2D eigenvalue weighted by molar-refractivity contribution is 8.24. The van der Waals surface area contributed by atoms with Gasteiger partial charge in [0.1, 0.15) is 0 Å². The highest BCUT2D eigenvalue weighted by atomic mass is 32.3. The minimum atomic E-state index is -4.50. The summed E-state index contributed by atoms with van der Waals surface area (Å²) in [5, 5.41) is 6.24. The summed E-state index contributed by atoms with van der Waals surface area (Å²) in [6, 6.07) is 12.4. The first-order valence-corrected chi connectivity index (χ1v) is 12.1. The fourth-order valence-electron chi connectivity index (χ4n) is 3.98. The summed E-state index contributed by atoms with van der Waals surface area (Å²) in [6.45, 7) is 0. The first-order valence-electron chi connectivity index (χ1n) is 10.2. The van der Waals surface area contributed by atoms with Crippen LogP contribution in [0.25, 0.3) is 0 Å². The summed E-state index contributed by atoms with van der Waals surface area (Å²) < 4.78 is 57.9. The molecule has 2 unspecified atom stereocenters. The summed E-state index contributed by atoms with van der Waals surface area (Å²) in [6.07, 6.45) is -1.95. The lowest BCUT2D eigenvalue weighted by Gasteiger charge is -2.39. The van der Waals surface area contributed by atoms with Crippen molar-refractivity contribution in [3.8, 4) is 0 Å². The van der Waals surface area contributed by atoms with Crippen molar-refractivity contribution in [3.63, 3.8) is 0 Å².